The summed E-state index contributed by atoms with van der Waals surface area (Å²) in [7, 11) is 0. The van der Waals surface area contributed by atoms with Crippen LogP contribution in [0.3, 0.4) is 0 Å². The van der Waals surface area contributed by atoms with Crippen LogP contribution in [-0.4, -0.2) is 48.0 Å². The molecule has 5 nitrogen and oxygen atoms in total. The van der Waals surface area contributed by atoms with Gasteiger partial charge in [0.1, 0.15) is 5.75 Å². The molecule has 0 aliphatic carbocycles. The second kappa shape index (κ2) is 8.90. The van der Waals surface area contributed by atoms with Crippen molar-refractivity contribution in [1.29, 1.82) is 5.26 Å². The number of carbonyl (C=O) groups excluding carboxylic acids is 1. The summed E-state index contributed by atoms with van der Waals surface area (Å²) in [6.45, 7) is 5.66. The van der Waals surface area contributed by atoms with Gasteiger partial charge in [-0.05, 0) is 48.9 Å². The molecule has 1 saturated heterocycles. The zero-order valence-corrected chi connectivity index (χ0v) is 16.0. The van der Waals surface area contributed by atoms with Crippen LogP contribution in [-0.2, 0) is 11.3 Å². The third-order valence-electron chi connectivity index (χ3n) is 4.65. The first-order valence-corrected chi connectivity index (χ1v) is 9.35. The summed E-state index contributed by atoms with van der Waals surface area (Å²) in [5.74, 6) is 0.585. The SMILES string of the molecule is CC(Oc1ccc(C#N)cc1)C(=O)N1CCN(Cc2ccc(Cl)cc2)CC1. The molecule has 1 atom stereocenters. The van der Waals surface area contributed by atoms with E-state index in [1.807, 2.05) is 29.2 Å². The number of rotatable bonds is 5. The normalized spacial score (nSPS) is 15.8. The number of ether oxygens (including phenoxy) is 1. The number of nitriles is 1. The molecule has 3 rings (SSSR count). The van der Waals surface area contributed by atoms with Crippen molar-refractivity contribution in [3.05, 3.63) is 64.7 Å². The Morgan fingerprint density at radius 1 is 1.11 bits per heavy atom. The number of carbonyl (C=O) groups is 1. The topological polar surface area (TPSA) is 56.6 Å². The molecule has 0 aromatic heterocycles. The summed E-state index contributed by atoms with van der Waals surface area (Å²) in [5.41, 5.74) is 1.79. The van der Waals surface area contributed by atoms with Crippen molar-refractivity contribution >= 4 is 17.5 Å². The van der Waals surface area contributed by atoms with Crippen molar-refractivity contribution in [3.63, 3.8) is 0 Å². The maximum absolute atomic E-state index is 12.6. The van der Waals surface area contributed by atoms with Crippen LogP contribution < -0.4 is 4.74 Å². The van der Waals surface area contributed by atoms with E-state index in [0.717, 1.165) is 24.7 Å². The largest absolute Gasteiger partial charge is 0.481 e. The second-order valence-corrected chi connectivity index (χ2v) is 7.06. The van der Waals surface area contributed by atoms with Crippen molar-refractivity contribution in [2.75, 3.05) is 26.2 Å². The second-order valence-electron chi connectivity index (χ2n) is 6.62. The number of hydrogen-bond donors (Lipinski definition) is 0. The number of halogens is 1. The van der Waals surface area contributed by atoms with Crippen molar-refractivity contribution < 1.29 is 9.53 Å². The standard InChI is InChI=1S/C21H22ClN3O2/c1-16(27-20-8-4-17(14-23)5-9-20)21(26)25-12-10-24(11-13-25)15-18-2-6-19(22)7-3-18/h2-9,16H,10-13,15H2,1H3. The summed E-state index contributed by atoms with van der Waals surface area (Å²) >= 11 is 5.93. The monoisotopic (exact) mass is 383 g/mol. The van der Waals surface area contributed by atoms with Gasteiger partial charge in [0.15, 0.2) is 6.10 Å². The number of amides is 1. The highest BCUT2D eigenvalue weighted by Crippen LogP contribution is 2.16. The van der Waals surface area contributed by atoms with Crippen LogP contribution in [0.2, 0.25) is 5.02 Å². The third kappa shape index (κ3) is 5.22. The number of piperazine rings is 1. The minimum absolute atomic E-state index is 0.00879. The molecule has 0 spiro atoms. The van der Waals surface area contributed by atoms with Gasteiger partial charge in [0.05, 0.1) is 11.6 Å². The van der Waals surface area contributed by atoms with E-state index in [-0.39, 0.29) is 5.91 Å². The highest BCUT2D eigenvalue weighted by molar-refractivity contribution is 6.30. The van der Waals surface area contributed by atoms with Crippen LogP contribution in [0, 0.1) is 11.3 Å². The molecule has 27 heavy (non-hydrogen) atoms. The molecular weight excluding hydrogens is 362 g/mol. The first-order valence-electron chi connectivity index (χ1n) is 8.97. The van der Waals surface area contributed by atoms with E-state index in [0.29, 0.717) is 24.4 Å². The Labute approximate surface area is 164 Å². The molecule has 1 unspecified atom stereocenters. The Morgan fingerprint density at radius 3 is 2.33 bits per heavy atom. The Hall–Kier alpha value is -2.55. The van der Waals surface area contributed by atoms with E-state index in [9.17, 15) is 4.79 Å². The fraction of sp³-hybridized carbons (Fsp3) is 0.333. The third-order valence-corrected chi connectivity index (χ3v) is 4.90. The Kier molecular flexibility index (Phi) is 6.33. The number of benzene rings is 2. The Balaban J connectivity index is 1.48. The smallest absolute Gasteiger partial charge is 0.263 e. The fourth-order valence-corrected chi connectivity index (χ4v) is 3.22. The van der Waals surface area contributed by atoms with Crippen LogP contribution in [0.25, 0.3) is 0 Å². The van der Waals surface area contributed by atoms with Gasteiger partial charge in [-0.3, -0.25) is 9.69 Å². The van der Waals surface area contributed by atoms with Crippen molar-refractivity contribution in [2.45, 2.75) is 19.6 Å². The van der Waals surface area contributed by atoms with Crippen molar-refractivity contribution in [2.24, 2.45) is 0 Å². The van der Waals surface area contributed by atoms with Gasteiger partial charge in [0, 0.05) is 37.7 Å². The molecule has 6 heteroatoms. The lowest BCUT2D eigenvalue weighted by atomic mass is 10.2. The summed E-state index contributed by atoms with van der Waals surface area (Å²) in [6, 6.07) is 16.7. The van der Waals surface area contributed by atoms with Gasteiger partial charge in [-0.1, -0.05) is 23.7 Å². The molecule has 1 amide bonds. The van der Waals surface area contributed by atoms with Crippen LogP contribution in [0.15, 0.2) is 48.5 Å². The first-order chi connectivity index (χ1) is 13.0. The van der Waals surface area contributed by atoms with Gasteiger partial charge in [-0.15, -0.1) is 0 Å². The molecule has 0 saturated carbocycles. The summed E-state index contributed by atoms with van der Waals surface area (Å²) < 4.78 is 5.74. The van der Waals surface area contributed by atoms with Crippen molar-refractivity contribution in [1.82, 2.24) is 9.80 Å². The van der Waals surface area contributed by atoms with Gasteiger partial charge < -0.3 is 9.64 Å². The molecular formula is C21H22ClN3O2. The average molecular weight is 384 g/mol. The molecule has 2 aromatic carbocycles. The molecule has 1 fully saturated rings. The maximum atomic E-state index is 12.6. The molecule has 1 heterocycles. The maximum Gasteiger partial charge on any atom is 0.263 e. The first kappa shape index (κ1) is 19.2. The molecule has 0 radical (unpaired) electrons. The molecule has 2 aromatic rings. The zero-order chi connectivity index (χ0) is 19.2. The van der Waals surface area contributed by atoms with Crippen LogP contribution in [0.1, 0.15) is 18.1 Å². The van der Waals surface area contributed by atoms with Gasteiger partial charge in [0.2, 0.25) is 0 Å². The summed E-state index contributed by atoms with van der Waals surface area (Å²) in [6.07, 6.45) is -0.555. The fourth-order valence-electron chi connectivity index (χ4n) is 3.09. The molecule has 0 N–H and O–H groups in total. The average Bonchev–Trinajstić information content (AvgIpc) is 2.70. The van der Waals surface area contributed by atoms with Gasteiger partial charge in [-0.25, -0.2) is 0 Å². The lowest BCUT2D eigenvalue weighted by molar-refractivity contribution is -0.139. The van der Waals surface area contributed by atoms with E-state index in [1.54, 1.807) is 31.2 Å². The summed E-state index contributed by atoms with van der Waals surface area (Å²) in [4.78, 5) is 16.8. The Morgan fingerprint density at radius 2 is 1.74 bits per heavy atom. The van der Waals surface area contributed by atoms with Gasteiger partial charge in [-0.2, -0.15) is 5.26 Å². The summed E-state index contributed by atoms with van der Waals surface area (Å²) in [5, 5.41) is 9.58. The van der Waals surface area contributed by atoms with E-state index >= 15 is 0 Å². The Bertz CT molecular complexity index is 807. The van der Waals surface area contributed by atoms with Crippen LogP contribution in [0.5, 0.6) is 5.75 Å². The van der Waals surface area contributed by atoms with E-state index in [1.165, 1.54) is 5.56 Å². The molecule has 0 bridgehead atoms. The highest BCUT2D eigenvalue weighted by atomic mass is 35.5. The minimum Gasteiger partial charge on any atom is -0.481 e. The van der Waals surface area contributed by atoms with E-state index in [2.05, 4.69) is 11.0 Å². The minimum atomic E-state index is -0.555. The lowest BCUT2D eigenvalue weighted by Crippen LogP contribution is -2.51. The predicted molar refractivity (Wildman–Crippen MR) is 105 cm³/mol. The number of hydrogen-bond acceptors (Lipinski definition) is 4. The van der Waals surface area contributed by atoms with Crippen LogP contribution >= 0.6 is 11.6 Å². The van der Waals surface area contributed by atoms with Crippen LogP contribution in [0.4, 0.5) is 0 Å². The molecule has 1 aliphatic rings. The quantitative estimate of drug-likeness (QED) is 0.794. The predicted octanol–water partition coefficient (Wildman–Crippen LogP) is 3.32. The number of nitrogens with zero attached hydrogens (tertiary/aromatic N) is 3. The van der Waals surface area contributed by atoms with Gasteiger partial charge >= 0.3 is 0 Å². The van der Waals surface area contributed by atoms with E-state index in [4.69, 9.17) is 21.6 Å². The highest BCUT2D eigenvalue weighted by Gasteiger charge is 2.26. The molecule has 1 aliphatic heterocycles. The molecule has 140 valence electrons. The van der Waals surface area contributed by atoms with Crippen molar-refractivity contribution in [3.8, 4) is 11.8 Å². The van der Waals surface area contributed by atoms with Gasteiger partial charge in [0.25, 0.3) is 5.91 Å². The zero-order valence-electron chi connectivity index (χ0n) is 15.3. The lowest BCUT2D eigenvalue weighted by Gasteiger charge is -2.35. The van der Waals surface area contributed by atoms with E-state index < -0.39 is 6.10 Å².